The van der Waals surface area contributed by atoms with Crippen molar-refractivity contribution < 1.29 is 9.53 Å². The molecule has 1 heterocycles. The standard InChI is InChI=1S/C17H26N2O2/c1-5-19-9-8-18(11-13(19)2)12-16-10-15(14(3)20)6-7-17(16)21-4/h6-7,10,13H,5,8-9,11-12H2,1-4H3. The molecule has 1 atom stereocenters. The average molecular weight is 290 g/mol. The predicted molar refractivity (Wildman–Crippen MR) is 85.0 cm³/mol. The Morgan fingerprint density at radius 3 is 2.71 bits per heavy atom. The molecule has 0 N–H and O–H groups in total. The van der Waals surface area contributed by atoms with Gasteiger partial charge in [-0.2, -0.15) is 0 Å². The van der Waals surface area contributed by atoms with E-state index in [1.54, 1.807) is 14.0 Å². The molecule has 2 rings (SSSR count). The molecule has 0 aromatic heterocycles. The van der Waals surface area contributed by atoms with Crippen molar-refractivity contribution in [2.75, 3.05) is 33.3 Å². The van der Waals surface area contributed by atoms with E-state index in [0.717, 1.165) is 49.6 Å². The molecule has 0 amide bonds. The Balaban J connectivity index is 2.11. The highest BCUT2D eigenvalue weighted by molar-refractivity contribution is 5.94. The van der Waals surface area contributed by atoms with E-state index in [1.165, 1.54) is 0 Å². The number of carbonyl (C=O) groups excluding carboxylic acids is 1. The van der Waals surface area contributed by atoms with Crippen molar-refractivity contribution in [1.82, 2.24) is 9.80 Å². The molecule has 21 heavy (non-hydrogen) atoms. The van der Waals surface area contributed by atoms with Gasteiger partial charge in [0.1, 0.15) is 5.75 Å². The molecular formula is C17H26N2O2. The Labute approximate surface area is 127 Å². The van der Waals surface area contributed by atoms with Crippen LogP contribution in [0.15, 0.2) is 18.2 Å². The first-order valence-corrected chi connectivity index (χ1v) is 7.69. The van der Waals surface area contributed by atoms with Gasteiger partial charge in [-0.25, -0.2) is 0 Å². The van der Waals surface area contributed by atoms with E-state index < -0.39 is 0 Å². The van der Waals surface area contributed by atoms with Crippen LogP contribution in [0.4, 0.5) is 0 Å². The van der Waals surface area contributed by atoms with Crippen molar-refractivity contribution in [3.63, 3.8) is 0 Å². The Hall–Kier alpha value is -1.39. The monoisotopic (exact) mass is 290 g/mol. The third-order valence-electron chi connectivity index (χ3n) is 4.34. The Morgan fingerprint density at radius 2 is 2.14 bits per heavy atom. The van der Waals surface area contributed by atoms with Crippen LogP contribution in [0.1, 0.15) is 36.7 Å². The number of piperazine rings is 1. The van der Waals surface area contributed by atoms with E-state index in [2.05, 4.69) is 23.6 Å². The van der Waals surface area contributed by atoms with Crippen LogP contribution in [-0.2, 0) is 6.54 Å². The topological polar surface area (TPSA) is 32.8 Å². The van der Waals surface area contributed by atoms with Gasteiger partial charge in [-0.15, -0.1) is 0 Å². The van der Waals surface area contributed by atoms with E-state index in [0.29, 0.717) is 6.04 Å². The van der Waals surface area contributed by atoms with E-state index >= 15 is 0 Å². The lowest BCUT2D eigenvalue weighted by molar-refractivity contribution is 0.0828. The van der Waals surface area contributed by atoms with Crippen molar-refractivity contribution in [2.45, 2.75) is 33.4 Å². The zero-order valence-corrected chi connectivity index (χ0v) is 13.6. The molecule has 0 spiro atoms. The molecule has 1 aromatic carbocycles. The van der Waals surface area contributed by atoms with Crippen LogP contribution in [0.25, 0.3) is 0 Å². The second-order valence-electron chi connectivity index (χ2n) is 5.80. The average Bonchev–Trinajstić information content (AvgIpc) is 2.47. The third-order valence-corrected chi connectivity index (χ3v) is 4.34. The number of hydrogen-bond donors (Lipinski definition) is 0. The summed E-state index contributed by atoms with van der Waals surface area (Å²) in [6, 6.07) is 6.28. The van der Waals surface area contributed by atoms with Gasteiger partial charge < -0.3 is 4.74 Å². The number of carbonyl (C=O) groups is 1. The van der Waals surface area contributed by atoms with E-state index in [9.17, 15) is 4.79 Å². The smallest absolute Gasteiger partial charge is 0.159 e. The minimum atomic E-state index is 0.100. The molecule has 0 bridgehead atoms. The summed E-state index contributed by atoms with van der Waals surface area (Å²) in [6.07, 6.45) is 0. The maximum Gasteiger partial charge on any atom is 0.159 e. The second kappa shape index (κ2) is 7.05. The lowest BCUT2D eigenvalue weighted by atomic mass is 10.1. The van der Waals surface area contributed by atoms with Gasteiger partial charge in [0, 0.05) is 43.3 Å². The molecule has 4 heteroatoms. The Bertz CT molecular complexity index is 502. The fourth-order valence-electron chi connectivity index (χ4n) is 3.05. The van der Waals surface area contributed by atoms with Crippen molar-refractivity contribution in [3.8, 4) is 5.75 Å². The summed E-state index contributed by atoms with van der Waals surface area (Å²) >= 11 is 0. The van der Waals surface area contributed by atoms with E-state index in [1.807, 2.05) is 18.2 Å². The molecule has 1 aliphatic rings. The SMILES string of the molecule is CCN1CCN(Cc2cc(C(C)=O)ccc2OC)CC1C. The number of nitrogens with zero attached hydrogens (tertiary/aromatic N) is 2. The molecule has 1 aliphatic heterocycles. The largest absolute Gasteiger partial charge is 0.496 e. The summed E-state index contributed by atoms with van der Waals surface area (Å²) in [5, 5.41) is 0. The number of rotatable bonds is 5. The normalized spacial score (nSPS) is 20.5. The number of benzene rings is 1. The maximum absolute atomic E-state index is 11.6. The van der Waals surface area contributed by atoms with Gasteiger partial charge in [-0.3, -0.25) is 14.6 Å². The summed E-state index contributed by atoms with van der Waals surface area (Å²) in [6.45, 7) is 11.3. The summed E-state index contributed by atoms with van der Waals surface area (Å²) in [5.74, 6) is 0.966. The number of likely N-dealkylation sites (N-methyl/N-ethyl adjacent to an activating group) is 1. The molecule has 1 aromatic rings. The summed E-state index contributed by atoms with van der Waals surface area (Å²) < 4.78 is 5.44. The minimum absolute atomic E-state index is 0.100. The number of methoxy groups -OCH3 is 1. The van der Waals surface area contributed by atoms with Crippen LogP contribution < -0.4 is 4.74 Å². The van der Waals surface area contributed by atoms with E-state index in [-0.39, 0.29) is 5.78 Å². The van der Waals surface area contributed by atoms with Gasteiger partial charge >= 0.3 is 0 Å². The number of Topliss-reactive ketones (excluding diaryl/α,β-unsaturated/α-hetero) is 1. The lowest BCUT2D eigenvalue weighted by Gasteiger charge is -2.39. The first-order valence-electron chi connectivity index (χ1n) is 7.69. The molecular weight excluding hydrogens is 264 g/mol. The fraction of sp³-hybridized carbons (Fsp3) is 0.588. The highest BCUT2D eigenvalue weighted by Gasteiger charge is 2.23. The summed E-state index contributed by atoms with van der Waals surface area (Å²) in [5.41, 5.74) is 1.85. The number of ketones is 1. The van der Waals surface area contributed by atoms with E-state index in [4.69, 9.17) is 4.74 Å². The van der Waals surface area contributed by atoms with Crippen molar-refractivity contribution in [2.24, 2.45) is 0 Å². The molecule has 116 valence electrons. The molecule has 0 saturated carbocycles. The predicted octanol–water partition coefficient (Wildman–Crippen LogP) is 2.42. The van der Waals surface area contributed by atoms with Gasteiger partial charge in [0.05, 0.1) is 7.11 Å². The molecule has 4 nitrogen and oxygen atoms in total. The van der Waals surface area contributed by atoms with Crippen molar-refractivity contribution in [3.05, 3.63) is 29.3 Å². The Morgan fingerprint density at radius 1 is 1.38 bits per heavy atom. The van der Waals surface area contributed by atoms with Crippen molar-refractivity contribution in [1.29, 1.82) is 0 Å². The first kappa shape index (κ1) is 16.0. The van der Waals surface area contributed by atoms with Gasteiger partial charge in [0.25, 0.3) is 0 Å². The van der Waals surface area contributed by atoms with Gasteiger partial charge in [-0.1, -0.05) is 6.92 Å². The van der Waals surface area contributed by atoms with Crippen LogP contribution in [0, 0.1) is 0 Å². The number of ether oxygens (including phenoxy) is 1. The Kier molecular flexibility index (Phi) is 5.37. The molecule has 0 radical (unpaired) electrons. The molecule has 0 aliphatic carbocycles. The second-order valence-corrected chi connectivity index (χ2v) is 5.80. The van der Waals surface area contributed by atoms with Gasteiger partial charge in [0.2, 0.25) is 0 Å². The quantitative estimate of drug-likeness (QED) is 0.780. The molecule has 1 unspecified atom stereocenters. The van der Waals surface area contributed by atoms with Crippen LogP contribution in [0.3, 0.4) is 0 Å². The maximum atomic E-state index is 11.6. The minimum Gasteiger partial charge on any atom is -0.496 e. The highest BCUT2D eigenvalue weighted by Crippen LogP contribution is 2.23. The third kappa shape index (κ3) is 3.83. The zero-order valence-electron chi connectivity index (χ0n) is 13.6. The number of hydrogen-bond acceptors (Lipinski definition) is 4. The van der Waals surface area contributed by atoms with Crippen molar-refractivity contribution >= 4 is 5.78 Å². The first-order chi connectivity index (χ1) is 10.0. The van der Waals surface area contributed by atoms with Crippen LogP contribution >= 0.6 is 0 Å². The molecule has 1 saturated heterocycles. The molecule has 1 fully saturated rings. The summed E-state index contributed by atoms with van der Waals surface area (Å²) in [7, 11) is 1.68. The van der Waals surface area contributed by atoms with Crippen LogP contribution in [-0.4, -0.2) is 54.9 Å². The zero-order chi connectivity index (χ0) is 15.4. The summed E-state index contributed by atoms with van der Waals surface area (Å²) in [4.78, 5) is 16.5. The highest BCUT2D eigenvalue weighted by atomic mass is 16.5. The van der Waals surface area contributed by atoms with Crippen LogP contribution in [0.2, 0.25) is 0 Å². The van der Waals surface area contributed by atoms with Gasteiger partial charge in [0.15, 0.2) is 5.78 Å². The van der Waals surface area contributed by atoms with Gasteiger partial charge in [-0.05, 0) is 38.6 Å². The van der Waals surface area contributed by atoms with Crippen LogP contribution in [0.5, 0.6) is 5.75 Å². The fourth-order valence-corrected chi connectivity index (χ4v) is 3.05. The lowest BCUT2D eigenvalue weighted by Crippen LogP contribution is -2.51.